The van der Waals surface area contributed by atoms with Crippen LogP contribution >= 0.6 is 0 Å². The van der Waals surface area contributed by atoms with E-state index in [-0.39, 0.29) is 5.91 Å². The molecule has 0 unspecified atom stereocenters. The molecule has 2 aliphatic heterocycles. The molecule has 2 aromatic rings. The third kappa shape index (κ3) is 5.50. The Labute approximate surface area is 203 Å². The van der Waals surface area contributed by atoms with Crippen molar-refractivity contribution in [2.24, 2.45) is 0 Å². The molecule has 186 valence electrons. The first-order valence-electron chi connectivity index (χ1n) is 12.3. The van der Waals surface area contributed by atoms with Crippen LogP contribution in [0, 0.1) is 0 Å². The van der Waals surface area contributed by atoms with Gasteiger partial charge in [-0.2, -0.15) is 13.2 Å². The molecule has 0 spiro atoms. The number of carbonyl (C=O) groups excluding carboxylic acids is 1. The van der Waals surface area contributed by atoms with Crippen molar-refractivity contribution in [3.8, 4) is 0 Å². The highest BCUT2D eigenvalue weighted by molar-refractivity contribution is 5.91. The Morgan fingerprint density at radius 3 is 2.51 bits per heavy atom. The summed E-state index contributed by atoms with van der Waals surface area (Å²) in [5, 5.41) is 0. The van der Waals surface area contributed by atoms with E-state index in [1.54, 1.807) is 11.0 Å². The fourth-order valence-electron chi connectivity index (χ4n) is 4.97. The number of piperazine rings is 1. The van der Waals surface area contributed by atoms with E-state index in [9.17, 15) is 18.0 Å². The number of carbonyl (C=O) groups is 1. The second-order valence-electron chi connectivity index (χ2n) is 9.53. The number of alkyl halides is 3. The van der Waals surface area contributed by atoms with E-state index < -0.39 is 11.7 Å². The lowest BCUT2D eigenvalue weighted by Crippen LogP contribution is -2.52. The van der Waals surface area contributed by atoms with Gasteiger partial charge in [0, 0.05) is 64.0 Å². The van der Waals surface area contributed by atoms with Gasteiger partial charge in [0.2, 0.25) is 11.9 Å². The van der Waals surface area contributed by atoms with Gasteiger partial charge in [-0.1, -0.05) is 18.6 Å². The van der Waals surface area contributed by atoms with Gasteiger partial charge in [-0.15, -0.1) is 0 Å². The zero-order valence-corrected chi connectivity index (χ0v) is 19.7. The molecule has 0 bridgehead atoms. The molecular weight excluding hydrogens is 455 g/mol. The molecule has 3 aliphatic rings. The van der Waals surface area contributed by atoms with Gasteiger partial charge in [0.25, 0.3) is 0 Å². The summed E-state index contributed by atoms with van der Waals surface area (Å²) in [5.74, 6) is 0.553. The topological polar surface area (TPSA) is 52.6 Å². The van der Waals surface area contributed by atoms with Crippen LogP contribution in [-0.4, -0.2) is 71.0 Å². The number of hydrogen-bond donors (Lipinski definition) is 0. The molecule has 3 heterocycles. The molecule has 5 rings (SSSR count). The van der Waals surface area contributed by atoms with Gasteiger partial charge < -0.3 is 9.80 Å². The normalized spacial score (nSPS) is 20.0. The van der Waals surface area contributed by atoms with Crippen molar-refractivity contribution in [2.45, 2.75) is 44.3 Å². The number of aromatic nitrogens is 2. The lowest BCUT2D eigenvalue weighted by atomic mass is 9.91. The highest BCUT2D eigenvalue weighted by Gasteiger charge is 2.30. The number of anilines is 1. The van der Waals surface area contributed by atoms with Crippen LogP contribution in [0.4, 0.5) is 19.1 Å². The maximum absolute atomic E-state index is 12.9. The van der Waals surface area contributed by atoms with E-state index in [1.165, 1.54) is 37.5 Å². The highest BCUT2D eigenvalue weighted by Crippen LogP contribution is 2.30. The molecule has 0 N–H and O–H groups in total. The number of rotatable bonds is 4. The summed E-state index contributed by atoms with van der Waals surface area (Å²) in [6.07, 6.45) is 5.56. The summed E-state index contributed by atoms with van der Waals surface area (Å²) in [6.45, 7) is 5.00. The molecule has 1 saturated carbocycles. The summed E-state index contributed by atoms with van der Waals surface area (Å²) in [5.41, 5.74) is 1.66. The molecule has 6 nitrogen and oxygen atoms in total. The second-order valence-corrected chi connectivity index (χ2v) is 9.53. The van der Waals surface area contributed by atoms with Crippen molar-refractivity contribution in [3.05, 3.63) is 58.9 Å². The lowest BCUT2D eigenvalue weighted by Gasteiger charge is -2.43. The molecule has 35 heavy (non-hydrogen) atoms. The first-order valence-corrected chi connectivity index (χ1v) is 12.3. The van der Waals surface area contributed by atoms with E-state index in [0.717, 1.165) is 61.6 Å². The van der Waals surface area contributed by atoms with Crippen molar-refractivity contribution in [2.75, 3.05) is 44.2 Å². The zero-order valence-electron chi connectivity index (χ0n) is 19.7. The Morgan fingerprint density at radius 1 is 1.03 bits per heavy atom. The Kier molecular flexibility index (Phi) is 6.77. The Morgan fingerprint density at radius 2 is 1.80 bits per heavy atom. The van der Waals surface area contributed by atoms with Gasteiger partial charge in [-0.3, -0.25) is 9.69 Å². The van der Waals surface area contributed by atoms with Crippen LogP contribution in [0.25, 0.3) is 6.08 Å². The lowest BCUT2D eigenvalue weighted by molar-refractivity contribution is -0.137. The van der Waals surface area contributed by atoms with E-state index in [1.807, 2.05) is 6.20 Å². The van der Waals surface area contributed by atoms with Gasteiger partial charge in [0.15, 0.2) is 0 Å². The van der Waals surface area contributed by atoms with Crippen molar-refractivity contribution in [1.29, 1.82) is 0 Å². The summed E-state index contributed by atoms with van der Waals surface area (Å²) < 4.78 is 38.8. The summed E-state index contributed by atoms with van der Waals surface area (Å²) in [4.78, 5) is 28.8. The van der Waals surface area contributed by atoms with Gasteiger partial charge >= 0.3 is 6.18 Å². The zero-order chi connectivity index (χ0) is 24.4. The van der Waals surface area contributed by atoms with Crippen LogP contribution < -0.4 is 4.90 Å². The fourth-order valence-corrected chi connectivity index (χ4v) is 4.97. The van der Waals surface area contributed by atoms with E-state index in [4.69, 9.17) is 4.98 Å². The maximum Gasteiger partial charge on any atom is 0.416 e. The average Bonchev–Trinajstić information content (AvgIpc) is 3.04. The van der Waals surface area contributed by atoms with Crippen LogP contribution in [0.3, 0.4) is 0 Å². The van der Waals surface area contributed by atoms with Crippen molar-refractivity contribution in [3.63, 3.8) is 0 Å². The van der Waals surface area contributed by atoms with Crippen LogP contribution in [0.15, 0.2) is 36.5 Å². The predicted octanol–water partition coefficient (Wildman–Crippen LogP) is 3.81. The molecular formula is C26H30F3N5O. The Balaban J connectivity index is 1.19. The number of hydrogen-bond acceptors (Lipinski definition) is 5. The van der Waals surface area contributed by atoms with Crippen LogP contribution in [-0.2, 0) is 23.8 Å². The Hall–Kier alpha value is -2.94. The molecule has 9 heteroatoms. The summed E-state index contributed by atoms with van der Waals surface area (Å²) >= 11 is 0. The van der Waals surface area contributed by atoms with Gasteiger partial charge in [-0.05, 0) is 48.6 Å². The average molecular weight is 486 g/mol. The number of nitrogens with zero attached hydrogens (tertiary/aromatic N) is 5. The van der Waals surface area contributed by atoms with Crippen molar-refractivity contribution >= 4 is 17.9 Å². The quantitative estimate of drug-likeness (QED) is 0.617. The highest BCUT2D eigenvalue weighted by atomic mass is 19.4. The third-order valence-electron chi connectivity index (χ3n) is 7.34. The second kappa shape index (κ2) is 9.97. The molecule has 1 aromatic carbocycles. The molecule has 1 amide bonds. The number of amides is 1. The minimum absolute atomic E-state index is 0.212. The van der Waals surface area contributed by atoms with Crippen LogP contribution in [0.1, 0.15) is 41.6 Å². The molecule has 1 saturated heterocycles. The standard InChI is InChI=1S/C26H30F3N5O/c27-26(28,29)21-4-1-3-19(17-21)7-8-24(35)33-11-9-20-18-30-25(31-23(20)10-12-33)34-15-13-32(14-16-34)22-5-2-6-22/h1,3-4,7-8,17-18,22H,2,5-6,9-16H2. The minimum Gasteiger partial charge on any atom is -0.338 e. The first-order chi connectivity index (χ1) is 16.9. The number of halogens is 3. The largest absolute Gasteiger partial charge is 0.416 e. The molecule has 2 fully saturated rings. The molecule has 0 atom stereocenters. The predicted molar refractivity (Wildman–Crippen MR) is 128 cm³/mol. The minimum atomic E-state index is -4.41. The molecule has 1 aliphatic carbocycles. The van der Waals surface area contributed by atoms with Crippen molar-refractivity contribution in [1.82, 2.24) is 19.8 Å². The first kappa shape index (κ1) is 23.8. The van der Waals surface area contributed by atoms with Crippen LogP contribution in [0.5, 0.6) is 0 Å². The van der Waals surface area contributed by atoms with Gasteiger partial charge in [0.1, 0.15) is 0 Å². The third-order valence-corrected chi connectivity index (χ3v) is 7.34. The van der Waals surface area contributed by atoms with E-state index in [0.29, 0.717) is 31.5 Å². The molecule has 1 aromatic heterocycles. The summed E-state index contributed by atoms with van der Waals surface area (Å²) in [7, 11) is 0. The number of benzene rings is 1. The maximum atomic E-state index is 12.9. The summed E-state index contributed by atoms with van der Waals surface area (Å²) in [6, 6.07) is 5.73. The van der Waals surface area contributed by atoms with E-state index in [2.05, 4.69) is 14.8 Å². The molecule has 0 radical (unpaired) electrons. The Bertz CT molecular complexity index is 1090. The smallest absolute Gasteiger partial charge is 0.338 e. The van der Waals surface area contributed by atoms with Gasteiger partial charge in [0.05, 0.1) is 11.3 Å². The van der Waals surface area contributed by atoms with Gasteiger partial charge in [-0.25, -0.2) is 9.97 Å². The fraction of sp³-hybridized carbons (Fsp3) is 0.500. The number of fused-ring (bicyclic) bond motifs is 1. The van der Waals surface area contributed by atoms with Crippen molar-refractivity contribution < 1.29 is 18.0 Å². The van der Waals surface area contributed by atoms with Crippen LogP contribution in [0.2, 0.25) is 0 Å². The van der Waals surface area contributed by atoms with E-state index >= 15 is 0 Å². The monoisotopic (exact) mass is 485 g/mol. The SMILES string of the molecule is O=C(C=Cc1cccc(C(F)(F)F)c1)N1CCc2cnc(N3CCN(C4CCC4)CC3)nc2CC1.